The van der Waals surface area contributed by atoms with Crippen LogP contribution in [-0.2, 0) is 4.79 Å². The fourth-order valence-electron chi connectivity index (χ4n) is 1.77. The molecule has 0 aromatic heterocycles. The summed E-state index contributed by atoms with van der Waals surface area (Å²) in [6.45, 7) is 2.51. The van der Waals surface area contributed by atoms with E-state index in [0.717, 1.165) is 5.75 Å². The van der Waals surface area contributed by atoms with E-state index in [1.165, 1.54) is 18.2 Å². The first-order valence-corrected chi connectivity index (χ1v) is 6.65. The van der Waals surface area contributed by atoms with Gasteiger partial charge in [-0.25, -0.2) is 4.39 Å². The van der Waals surface area contributed by atoms with E-state index in [1.54, 1.807) is 42.5 Å². The molecule has 0 aliphatic carbocycles. The lowest BCUT2D eigenvalue weighted by molar-refractivity contribution is -0.111. The molecule has 0 fully saturated rings. The van der Waals surface area contributed by atoms with Gasteiger partial charge in [0.05, 0.1) is 6.61 Å². The summed E-state index contributed by atoms with van der Waals surface area (Å²) in [5.41, 5.74) is 1.31. The summed E-state index contributed by atoms with van der Waals surface area (Å²) in [7, 11) is 0. The second-order valence-electron chi connectivity index (χ2n) is 4.33. The maximum Gasteiger partial charge on any atom is 0.248 e. The zero-order valence-electron chi connectivity index (χ0n) is 11.7. The van der Waals surface area contributed by atoms with Crippen molar-refractivity contribution in [3.8, 4) is 5.75 Å². The Balaban J connectivity index is 1.95. The van der Waals surface area contributed by atoms with Gasteiger partial charge in [0.15, 0.2) is 0 Å². The molecule has 0 saturated heterocycles. The normalized spacial score (nSPS) is 10.6. The fraction of sp³-hybridized carbons (Fsp3) is 0.118. The van der Waals surface area contributed by atoms with Crippen molar-refractivity contribution < 1.29 is 13.9 Å². The number of nitrogens with one attached hydrogen (secondary N) is 1. The van der Waals surface area contributed by atoms with E-state index in [0.29, 0.717) is 17.9 Å². The number of halogens is 1. The van der Waals surface area contributed by atoms with Crippen molar-refractivity contribution in [3.05, 3.63) is 66.0 Å². The summed E-state index contributed by atoms with van der Waals surface area (Å²) in [6.07, 6.45) is 2.93. The average Bonchev–Trinajstić information content (AvgIpc) is 2.48. The van der Waals surface area contributed by atoms with Gasteiger partial charge in [-0.05, 0) is 55.0 Å². The number of hydrogen-bond acceptors (Lipinski definition) is 2. The van der Waals surface area contributed by atoms with Gasteiger partial charge in [-0.15, -0.1) is 0 Å². The Kier molecular flexibility index (Phi) is 5.10. The molecule has 0 saturated carbocycles. The maximum atomic E-state index is 13.0. The Hall–Kier alpha value is -2.62. The molecule has 0 aliphatic rings. The lowest BCUT2D eigenvalue weighted by atomic mass is 10.2. The average molecular weight is 285 g/mol. The minimum Gasteiger partial charge on any atom is -0.494 e. The monoisotopic (exact) mass is 285 g/mol. The molecule has 3 nitrogen and oxygen atoms in total. The summed E-state index contributed by atoms with van der Waals surface area (Å²) >= 11 is 0. The zero-order chi connectivity index (χ0) is 15.1. The highest BCUT2D eigenvalue weighted by Gasteiger charge is 1.99. The number of carbonyl (C=O) groups excluding carboxylic acids is 1. The molecular formula is C17H16FNO2. The van der Waals surface area contributed by atoms with Crippen LogP contribution in [0.25, 0.3) is 6.08 Å². The summed E-state index contributed by atoms with van der Waals surface area (Å²) in [5.74, 6) is 0.151. The maximum absolute atomic E-state index is 13.0. The minimum absolute atomic E-state index is 0.275. The van der Waals surface area contributed by atoms with Gasteiger partial charge in [-0.2, -0.15) is 0 Å². The third-order valence-electron chi connectivity index (χ3n) is 2.71. The molecule has 0 unspecified atom stereocenters. The van der Waals surface area contributed by atoms with Crippen molar-refractivity contribution in [2.75, 3.05) is 11.9 Å². The molecule has 2 aromatic rings. The molecule has 2 rings (SSSR count). The molecule has 1 N–H and O–H groups in total. The van der Waals surface area contributed by atoms with E-state index in [1.807, 2.05) is 6.92 Å². The van der Waals surface area contributed by atoms with E-state index in [4.69, 9.17) is 4.74 Å². The molecule has 21 heavy (non-hydrogen) atoms. The number of rotatable bonds is 5. The van der Waals surface area contributed by atoms with Crippen molar-refractivity contribution in [3.63, 3.8) is 0 Å². The molecule has 0 bridgehead atoms. The van der Waals surface area contributed by atoms with E-state index < -0.39 is 0 Å². The van der Waals surface area contributed by atoms with Crippen molar-refractivity contribution in [2.24, 2.45) is 0 Å². The largest absolute Gasteiger partial charge is 0.494 e. The van der Waals surface area contributed by atoms with E-state index in [-0.39, 0.29) is 11.7 Å². The molecule has 1 amide bonds. The van der Waals surface area contributed by atoms with E-state index in [2.05, 4.69) is 5.32 Å². The van der Waals surface area contributed by atoms with E-state index >= 15 is 0 Å². The zero-order valence-corrected chi connectivity index (χ0v) is 11.7. The summed E-state index contributed by atoms with van der Waals surface area (Å²) in [5, 5.41) is 2.72. The molecule has 2 aromatic carbocycles. The second-order valence-corrected chi connectivity index (χ2v) is 4.33. The van der Waals surface area contributed by atoms with Gasteiger partial charge < -0.3 is 10.1 Å². The SMILES string of the molecule is CCOc1ccc(NC(=O)/C=C/c2cccc(F)c2)cc1. The van der Waals surface area contributed by atoms with Gasteiger partial charge in [-0.1, -0.05) is 12.1 Å². The van der Waals surface area contributed by atoms with Gasteiger partial charge in [0.1, 0.15) is 11.6 Å². The highest BCUT2D eigenvalue weighted by atomic mass is 19.1. The Bertz CT molecular complexity index is 635. The van der Waals surface area contributed by atoms with Crippen LogP contribution in [-0.4, -0.2) is 12.5 Å². The second kappa shape index (κ2) is 7.24. The molecule has 0 aliphatic heterocycles. The predicted molar refractivity (Wildman–Crippen MR) is 81.7 cm³/mol. The number of ether oxygens (including phenoxy) is 1. The van der Waals surface area contributed by atoms with Gasteiger partial charge in [0, 0.05) is 11.8 Å². The number of carbonyl (C=O) groups is 1. The number of benzene rings is 2. The molecular weight excluding hydrogens is 269 g/mol. The van der Waals surface area contributed by atoms with Crippen LogP contribution < -0.4 is 10.1 Å². The fourth-order valence-corrected chi connectivity index (χ4v) is 1.77. The molecule has 0 heterocycles. The van der Waals surface area contributed by atoms with Gasteiger partial charge in [0.25, 0.3) is 0 Å². The van der Waals surface area contributed by atoms with Crippen LogP contribution in [0.1, 0.15) is 12.5 Å². The number of amides is 1. The van der Waals surface area contributed by atoms with Crippen molar-refractivity contribution >= 4 is 17.7 Å². The van der Waals surface area contributed by atoms with Crippen LogP contribution in [0.3, 0.4) is 0 Å². The smallest absolute Gasteiger partial charge is 0.248 e. The van der Waals surface area contributed by atoms with E-state index in [9.17, 15) is 9.18 Å². The molecule has 0 atom stereocenters. The van der Waals surface area contributed by atoms with Crippen LogP contribution in [0.5, 0.6) is 5.75 Å². The third kappa shape index (κ3) is 4.76. The Morgan fingerprint density at radius 2 is 2.00 bits per heavy atom. The lowest BCUT2D eigenvalue weighted by Crippen LogP contribution is -2.07. The Labute approximate surface area is 123 Å². The summed E-state index contributed by atoms with van der Waals surface area (Å²) in [6, 6.07) is 13.1. The molecule has 0 radical (unpaired) electrons. The van der Waals surface area contributed by atoms with Crippen LogP contribution >= 0.6 is 0 Å². The van der Waals surface area contributed by atoms with Gasteiger partial charge in [-0.3, -0.25) is 4.79 Å². The van der Waals surface area contributed by atoms with Crippen molar-refractivity contribution in [2.45, 2.75) is 6.92 Å². The molecule has 4 heteroatoms. The number of hydrogen-bond donors (Lipinski definition) is 1. The highest BCUT2D eigenvalue weighted by molar-refractivity contribution is 6.01. The molecule has 108 valence electrons. The highest BCUT2D eigenvalue weighted by Crippen LogP contribution is 2.15. The molecule has 0 spiro atoms. The topological polar surface area (TPSA) is 38.3 Å². The Morgan fingerprint density at radius 1 is 1.24 bits per heavy atom. The standard InChI is InChI=1S/C17H16FNO2/c1-2-21-16-9-7-15(8-10-16)19-17(20)11-6-13-4-3-5-14(18)12-13/h3-12H,2H2,1H3,(H,19,20)/b11-6+. The van der Waals surface area contributed by atoms with Crippen LogP contribution in [0.4, 0.5) is 10.1 Å². The first-order chi connectivity index (χ1) is 10.2. The van der Waals surface area contributed by atoms with Crippen LogP contribution in [0, 0.1) is 5.82 Å². The number of anilines is 1. The predicted octanol–water partition coefficient (Wildman–Crippen LogP) is 3.88. The lowest BCUT2D eigenvalue weighted by Gasteiger charge is -2.05. The van der Waals surface area contributed by atoms with Crippen molar-refractivity contribution in [1.29, 1.82) is 0 Å². The van der Waals surface area contributed by atoms with Gasteiger partial charge in [0.2, 0.25) is 5.91 Å². The Morgan fingerprint density at radius 3 is 2.67 bits per heavy atom. The van der Waals surface area contributed by atoms with Crippen molar-refractivity contribution in [1.82, 2.24) is 0 Å². The minimum atomic E-state index is -0.330. The third-order valence-corrected chi connectivity index (χ3v) is 2.71. The van der Waals surface area contributed by atoms with Crippen LogP contribution in [0.2, 0.25) is 0 Å². The summed E-state index contributed by atoms with van der Waals surface area (Å²) < 4.78 is 18.3. The first kappa shape index (κ1) is 14.8. The van der Waals surface area contributed by atoms with Gasteiger partial charge >= 0.3 is 0 Å². The quantitative estimate of drug-likeness (QED) is 0.847. The van der Waals surface area contributed by atoms with Crippen LogP contribution in [0.15, 0.2) is 54.6 Å². The summed E-state index contributed by atoms with van der Waals surface area (Å²) in [4.78, 5) is 11.8. The first-order valence-electron chi connectivity index (χ1n) is 6.65.